The molecule has 0 saturated heterocycles. The van der Waals surface area contributed by atoms with Crippen molar-refractivity contribution in [2.75, 3.05) is 19.0 Å². The van der Waals surface area contributed by atoms with Crippen molar-refractivity contribution in [3.8, 4) is 5.75 Å². The lowest BCUT2D eigenvalue weighted by Gasteiger charge is -2.15. The van der Waals surface area contributed by atoms with Gasteiger partial charge in [0, 0.05) is 24.3 Å². The quantitative estimate of drug-likeness (QED) is 0.388. The van der Waals surface area contributed by atoms with Gasteiger partial charge in [-0.3, -0.25) is 19.8 Å². The number of methoxy groups -OCH3 is 1. The van der Waals surface area contributed by atoms with E-state index in [-0.39, 0.29) is 5.91 Å². The summed E-state index contributed by atoms with van der Waals surface area (Å²) in [5, 5.41) is 10.8. The van der Waals surface area contributed by atoms with Crippen molar-refractivity contribution in [1.82, 2.24) is 15.1 Å². The number of rotatable bonds is 7. The molecule has 0 saturated carbocycles. The van der Waals surface area contributed by atoms with Crippen LogP contribution in [0.3, 0.4) is 0 Å². The molecule has 2 N–H and O–H groups in total. The Labute approximate surface area is 202 Å². The fraction of sp³-hybridized carbons (Fsp3) is 0.370. The fourth-order valence-corrected chi connectivity index (χ4v) is 4.13. The third kappa shape index (κ3) is 6.04. The van der Waals surface area contributed by atoms with Gasteiger partial charge < -0.3 is 10.1 Å². The van der Waals surface area contributed by atoms with Crippen LogP contribution in [0.15, 0.2) is 41.4 Å². The zero-order chi connectivity index (χ0) is 24.8. The number of carbonyl (C=O) groups excluding carboxylic acids is 1. The first-order valence-corrected chi connectivity index (χ1v) is 11.6. The summed E-state index contributed by atoms with van der Waals surface area (Å²) in [4.78, 5) is 17.8. The summed E-state index contributed by atoms with van der Waals surface area (Å²) in [6, 6.07) is 11.6. The number of nitrogens with zero attached hydrogens (tertiary/aromatic N) is 3. The Morgan fingerprint density at radius 2 is 1.74 bits per heavy atom. The highest BCUT2D eigenvalue weighted by Crippen LogP contribution is 2.25. The molecule has 7 heteroatoms. The second kappa shape index (κ2) is 11.0. The van der Waals surface area contributed by atoms with E-state index < -0.39 is 0 Å². The average Bonchev–Trinajstić information content (AvgIpc) is 3.06. The minimum atomic E-state index is -0.212. The van der Waals surface area contributed by atoms with Gasteiger partial charge in [0.25, 0.3) is 5.91 Å². The Morgan fingerprint density at radius 1 is 1.03 bits per heavy atom. The Morgan fingerprint density at radius 3 is 2.35 bits per heavy atom. The van der Waals surface area contributed by atoms with Crippen molar-refractivity contribution in [1.29, 1.82) is 0 Å². The van der Waals surface area contributed by atoms with Gasteiger partial charge in [-0.05, 0) is 83.4 Å². The van der Waals surface area contributed by atoms with E-state index in [0.717, 1.165) is 46.7 Å². The van der Waals surface area contributed by atoms with Crippen LogP contribution in [0, 0.1) is 34.6 Å². The highest BCUT2D eigenvalue weighted by Gasteiger charge is 2.14. The lowest BCUT2D eigenvalue weighted by molar-refractivity contribution is 0.0976. The van der Waals surface area contributed by atoms with Crippen molar-refractivity contribution in [3.05, 3.63) is 75.6 Å². The monoisotopic (exact) mass is 461 g/mol. The number of anilines is 1. The van der Waals surface area contributed by atoms with Crippen molar-refractivity contribution in [3.63, 3.8) is 0 Å². The van der Waals surface area contributed by atoms with Crippen LogP contribution in [0.2, 0.25) is 0 Å². The van der Waals surface area contributed by atoms with Crippen LogP contribution in [0.1, 0.15) is 50.9 Å². The summed E-state index contributed by atoms with van der Waals surface area (Å²) in [5.74, 6) is 0.844. The van der Waals surface area contributed by atoms with Gasteiger partial charge in [-0.25, -0.2) is 0 Å². The number of hydrogen-bond acceptors (Lipinski definition) is 4. The first kappa shape index (κ1) is 25.0. The summed E-state index contributed by atoms with van der Waals surface area (Å²) in [5.41, 5.74) is 7.85. The number of nitrogens with one attached hydrogen (secondary N) is 2. The van der Waals surface area contributed by atoms with E-state index in [2.05, 4.69) is 29.6 Å². The lowest BCUT2D eigenvalue weighted by atomic mass is 10.1. The summed E-state index contributed by atoms with van der Waals surface area (Å²) in [6.07, 6.45) is 0.729. The van der Waals surface area contributed by atoms with Crippen LogP contribution in [0.4, 0.5) is 5.69 Å². The van der Waals surface area contributed by atoms with Crippen molar-refractivity contribution in [2.24, 2.45) is 4.99 Å². The molecule has 3 rings (SSSR count). The predicted octanol–water partition coefficient (Wildman–Crippen LogP) is 4.89. The van der Waals surface area contributed by atoms with Crippen LogP contribution < -0.4 is 15.4 Å². The molecule has 0 fully saturated rings. The van der Waals surface area contributed by atoms with E-state index in [9.17, 15) is 4.79 Å². The molecule has 1 amide bonds. The number of aromatic nitrogens is 2. The Balaban J connectivity index is 1.87. The van der Waals surface area contributed by atoms with Crippen LogP contribution in [-0.4, -0.2) is 35.3 Å². The van der Waals surface area contributed by atoms with Crippen LogP contribution >= 0.6 is 0 Å². The number of hydrogen-bond donors (Lipinski definition) is 2. The van der Waals surface area contributed by atoms with Gasteiger partial charge in [0.2, 0.25) is 5.96 Å². The SMILES string of the molecule is CCn1nc(C)c(CCN=C(NC(=O)c2cc(C)cc(C)c2)Nc2cc(C)ccc2OC)c1C. The number of amides is 1. The Bertz CT molecular complexity index is 1190. The molecular weight excluding hydrogens is 426 g/mol. The highest BCUT2D eigenvalue weighted by molar-refractivity contribution is 6.10. The first-order chi connectivity index (χ1) is 16.2. The van der Waals surface area contributed by atoms with E-state index in [1.807, 2.05) is 68.8 Å². The van der Waals surface area contributed by atoms with E-state index >= 15 is 0 Å². The molecule has 0 unspecified atom stereocenters. The molecule has 0 bridgehead atoms. The summed E-state index contributed by atoms with van der Waals surface area (Å²) in [6.45, 7) is 13.5. The maximum Gasteiger partial charge on any atom is 0.257 e. The Hall–Kier alpha value is -3.61. The number of guanidine groups is 1. The van der Waals surface area contributed by atoms with Crippen LogP contribution in [-0.2, 0) is 13.0 Å². The molecule has 1 aromatic heterocycles. The van der Waals surface area contributed by atoms with E-state index in [0.29, 0.717) is 23.8 Å². The van der Waals surface area contributed by atoms with E-state index in [1.54, 1.807) is 7.11 Å². The van der Waals surface area contributed by atoms with Crippen molar-refractivity contribution < 1.29 is 9.53 Å². The number of benzene rings is 2. The molecule has 2 aromatic carbocycles. The third-order valence-electron chi connectivity index (χ3n) is 5.79. The lowest BCUT2D eigenvalue weighted by Crippen LogP contribution is -2.36. The fourth-order valence-electron chi connectivity index (χ4n) is 4.13. The number of aliphatic imine (C=N–C) groups is 1. The zero-order valence-electron chi connectivity index (χ0n) is 21.2. The molecule has 0 aliphatic rings. The molecule has 7 nitrogen and oxygen atoms in total. The molecule has 0 aliphatic heterocycles. The first-order valence-electron chi connectivity index (χ1n) is 11.6. The molecular formula is C27H35N5O2. The molecule has 180 valence electrons. The Kier molecular flexibility index (Phi) is 8.10. The van der Waals surface area contributed by atoms with Crippen LogP contribution in [0.5, 0.6) is 5.75 Å². The standard InChI is InChI=1S/C27H35N5O2/c1-8-32-21(6)23(20(5)31-32)11-12-28-27(29-24-16-17(2)9-10-25(24)34-7)30-26(33)22-14-18(3)13-19(4)15-22/h9-10,13-16H,8,11-12H2,1-7H3,(H2,28,29,30,33). The zero-order valence-corrected chi connectivity index (χ0v) is 21.2. The van der Waals surface area contributed by atoms with Gasteiger partial charge in [-0.2, -0.15) is 5.10 Å². The summed E-state index contributed by atoms with van der Waals surface area (Å²) in [7, 11) is 1.62. The van der Waals surface area contributed by atoms with Crippen molar-refractivity contribution >= 4 is 17.6 Å². The largest absolute Gasteiger partial charge is 0.495 e. The van der Waals surface area contributed by atoms with E-state index in [4.69, 9.17) is 9.73 Å². The summed E-state index contributed by atoms with van der Waals surface area (Å²) >= 11 is 0. The average molecular weight is 462 g/mol. The molecule has 0 aliphatic carbocycles. The maximum absolute atomic E-state index is 13.1. The topological polar surface area (TPSA) is 80.5 Å². The molecule has 34 heavy (non-hydrogen) atoms. The molecule has 0 atom stereocenters. The van der Waals surface area contributed by atoms with Gasteiger partial charge in [-0.1, -0.05) is 23.3 Å². The van der Waals surface area contributed by atoms with Gasteiger partial charge >= 0.3 is 0 Å². The van der Waals surface area contributed by atoms with Gasteiger partial charge in [0.1, 0.15) is 5.75 Å². The second-order valence-corrected chi connectivity index (χ2v) is 8.60. The smallest absolute Gasteiger partial charge is 0.257 e. The van der Waals surface area contributed by atoms with Crippen molar-refractivity contribution in [2.45, 2.75) is 54.5 Å². The maximum atomic E-state index is 13.1. The van der Waals surface area contributed by atoms with Gasteiger partial charge in [0.05, 0.1) is 18.5 Å². The minimum Gasteiger partial charge on any atom is -0.495 e. The van der Waals surface area contributed by atoms with Gasteiger partial charge in [0.15, 0.2) is 0 Å². The number of aryl methyl sites for hydroxylation is 5. The molecule has 3 aromatic rings. The normalized spacial score (nSPS) is 11.4. The number of carbonyl (C=O) groups is 1. The highest BCUT2D eigenvalue weighted by atomic mass is 16.5. The van der Waals surface area contributed by atoms with Gasteiger partial charge in [-0.15, -0.1) is 0 Å². The number of ether oxygens (including phenoxy) is 1. The molecule has 1 heterocycles. The van der Waals surface area contributed by atoms with Crippen LogP contribution in [0.25, 0.3) is 0 Å². The van der Waals surface area contributed by atoms with E-state index in [1.165, 1.54) is 5.56 Å². The molecule has 0 spiro atoms. The minimum absolute atomic E-state index is 0.212. The molecule has 0 radical (unpaired) electrons. The third-order valence-corrected chi connectivity index (χ3v) is 5.79. The predicted molar refractivity (Wildman–Crippen MR) is 138 cm³/mol. The summed E-state index contributed by atoms with van der Waals surface area (Å²) < 4.78 is 7.51. The second-order valence-electron chi connectivity index (χ2n) is 8.60.